The predicted molar refractivity (Wildman–Crippen MR) is 105 cm³/mol. The molecule has 0 radical (unpaired) electrons. The number of ether oxygens (including phenoxy) is 2. The Morgan fingerprint density at radius 2 is 1.86 bits per heavy atom. The second-order valence-electron chi connectivity index (χ2n) is 6.05. The van der Waals surface area contributed by atoms with E-state index in [1.165, 1.54) is 20.3 Å². The molecule has 1 aliphatic rings. The Labute approximate surface area is 166 Å². The molecule has 1 atom stereocenters. The number of methoxy groups -OCH3 is 2. The fourth-order valence-electron chi connectivity index (χ4n) is 3.16. The van der Waals surface area contributed by atoms with E-state index in [2.05, 4.69) is 5.32 Å². The zero-order valence-electron chi connectivity index (χ0n) is 15.5. The van der Waals surface area contributed by atoms with E-state index in [0.29, 0.717) is 22.7 Å². The van der Waals surface area contributed by atoms with Crippen LogP contribution >= 0.6 is 12.2 Å². The van der Waals surface area contributed by atoms with Gasteiger partial charge in [-0.3, -0.25) is 4.90 Å². The van der Waals surface area contributed by atoms with Gasteiger partial charge in [0.15, 0.2) is 16.7 Å². The van der Waals surface area contributed by atoms with Gasteiger partial charge in [0.25, 0.3) is 0 Å². The Hall–Kier alpha value is -3.00. The second kappa shape index (κ2) is 7.93. The van der Waals surface area contributed by atoms with Gasteiger partial charge in [0.1, 0.15) is 5.75 Å². The number of hydrogen-bond acceptors (Lipinski definition) is 4. The van der Waals surface area contributed by atoms with Gasteiger partial charge >= 0.3 is 5.97 Å². The van der Waals surface area contributed by atoms with Crippen LogP contribution in [0.15, 0.2) is 53.7 Å². The summed E-state index contributed by atoms with van der Waals surface area (Å²) in [6, 6.07) is 9.83. The molecule has 0 aromatic heterocycles. The fourth-order valence-corrected chi connectivity index (χ4v) is 3.52. The Morgan fingerprint density at radius 1 is 1.14 bits per heavy atom. The van der Waals surface area contributed by atoms with E-state index in [-0.39, 0.29) is 10.7 Å². The molecule has 1 heterocycles. The topological polar surface area (TPSA) is 50.8 Å². The summed E-state index contributed by atoms with van der Waals surface area (Å²) in [6.45, 7) is 1.71. The quantitative estimate of drug-likeness (QED) is 0.617. The van der Waals surface area contributed by atoms with Crippen molar-refractivity contribution in [1.29, 1.82) is 0 Å². The lowest BCUT2D eigenvalue weighted by molar-refractivity contribution is -0.136. The molecule has 28 heavy (non-hydrogen) atoms. The second-order valence-corrected chi connectivity index (χ2v) is 6.44. The molecule has 0 spiro atoms. The molecule has 0 saturated heterocycles. The molecule has 1 aliphatic heterocycles. The minimum Gasteiger partial charge on any atom is -0.495 e. The van der Waals surface area contributed by atoms with Gasteiger partial charge in [0, 0.05) is 5.70 Å². The summed E-state index contributed by atoms with van der Waals surface area (Å²) >= 11 is 5.51. The zero-order chi connectivity index (χ0) is 20.4. The number of carbonyl (C=O) groups excluding carboxylic acids is 1. The average Bonchev–Trinajstić information content (AvgIpc) is 2.69. The number of esters is 1. The van der Waals surface area contributed by atoms with Crippen LogP contribution in [-0.4, -0.2) is 25.3 Å². The molecule has 1 N–H and O–H groups in total. The first-order valence-electron chi connectivity index (χ1n) is 8.36. The Bertz CT molecular complexity index is 978. The number of rotatable bonds is 4. The minimum atomic E-state index is -1.01. The van der Waals surface area contributed by atoms with Crippen LogP contribution in [0.5, 0.6) is 5.75 Å². The summed E-state index contributed by atoms with van der Waals surface area (Å²) in [7, 11) is 2.79. The van der Waals surface area contributed by atoms with Gasteiger partial charge in [-0.05, 0) is 49.0 Å². The maximum absolute atomic E-state index is 13.8. The standard InChI is InChI=1S/C20H18F2N2O3S/c1-11-17(19(25)27-3)18(12-8-9-13(21)14(22)10-12)23-20(28)24(11)15-6-4-5-7-16(15)26-2/h4-10,18H,1-3H3,(H,23,28)/t18-/m0/s1. The molecular formula is C20H18F2N2O3S. The summed E-state index contributed by atoms with van der Waals surface area (Å²) in [4.78, 5) is 14.2. The van der Waals surface area contributed by atoms with E-state index < -0.39 is 23.6 Å². The van der Waals surface area contributed by atoms with E-state index >= 15 is 0 Å². The summed E-state index contributed by atoms with van der Waals surface area (Å²) in [5.74, 6) is -2.04. The highest BCUT2D eigenvalue weighted by molar-refractivity contribution is 7.80. The van der Waals surface area contributed by atoms with E-state index in [0.717, 1.165) is 12.1 Å². The molecule has 0 aliphatic carbocycles. The number of nitrogens with zero attached hydrogens (tertiary/aromatic N) is 1. The molecule has 2 aromatic carbocycles. The SMILES string of the molecule is COC(=O)C1=C(C)N(c2ccccc2OC)C(=S)N[C@H]1c1ccc(F)c(F)c1. The van der Waals surface area contributed by atoms with Crippen LogP contribution in [0, 0.1) is 11.6 Å². The van der Waals surface area contributed by atoms with E-state index in [4.69, 9.17) is 21.7 Å². The molecule has 0 amide bonds. The van der Waals surface area contributed by atoms with Crippen LogP contribution in [-0.2, 0) is 9.53 Å². The molecule has 8 heteroatoms. The average molecular weight is 404 g/mol. The van der Waals surface area contributed by atoms with Gasteiger partial charge < -0.3 is 14.8 Å². The highest BCUT2D eigenvalue weighted by atomic mass is 32.1. The van der Waals surface area contributed by atoms with Crippen molar-refractivity contribution in [3.8, 4) is 5.75 Å². The van der Waals surface area contributed by atoms with Crippen LogP contribution < -0.4 is 15.0 Å². The lowest BCUT2D eigenvalue weighted by Gasteiger charge is -2.37. The number of hydrogen-bond donors (Lipinski definition) is 1. The summed E-state index contributed by atoms with van der Waals surface area (Å²) in [5.41, 5.74) is 1.70. The van der Waals surface area contributed by atoms with Crippen LogP contribution in [0.4, 0.5) is 14.5 Å². The van der Waals surface area contributed by atoms with E-state index in [1.807, 2.05) is 12.1 Å². The first-order chi connectivity index (χ1) is 13.4. The number of carbonyl (C=O) groups is 1. The van der Waals surface area contributed by atoms with Crippen LogP contribution in [0.3, 0.4) is 0 Å². The number of thiocarbonyl (C=S) groups is 1. The number of anilines is 1. The predicted octanol–water partition coefficient (Wildman–Crippen LogP) is 3.86. The van der Waals surface area contributed by atoms with Gasteiger partial charge in [0.05, 0.1) is 31.5 Å². The van der Waals surface area contributed by atoms with Crippen molar-refractivity contribution in [3.63, 3.8) is 0 Å². The summed E-state index contributed by atoms with van der Waals surface area (Å²) in [6.07, 6.45) is 0. The van der Waals surface area contributed by atoms with Gasteiger partial charge in [0.2, 0.25) is 0 Å². The molecular weight excluding hydrogens is 386 g/mol. The van der Waals surface area contributed by atoms with Crippen molar-refractivity contribution >= 4 is 29.0 Å². The third-order valence-corrected chi connectivity index (χ3v) is 4.79. The van der Waals surface area contributed by atoms with Crippen LogP contribution in [0.25, 0.3) is 0 Å². The molecule has 0 fully saturated rings. The normalized spacial score (nSPS) is 16.7. The molecule has 2 aromatic rings. The number of halogens is 2. The Morgan fingerprint density at radius 3 is 2.50 bits per heavy atom. The number of para-hydroxylation sites is 2. The van der Waals surface area contributed by atoms with Crippen molar-refractivity contribution in [3.05, 3.63) is 70.9 Å². The minimum absolute atomic E-state index is 0.230. The zero-order valence-corrected chi connectivity index (χ0v) is 16.3. The lowest BCUT2D eigenvalue weighted by atomic mass is 9.94. The molecule has 5 nitrogen and oxygen atoms in total. The van der Waals surface area contributed by atoms with Gasteiger partial charge in [-0.25, -0.2) is 13.6 Å². The maximum atomic E-state index is 13.8. The van der Waals surface area contributed by atoms with Crippen molar-refractivity contribution in [1.82, 2.24) is 5.32 Å². The molecule has 146 valence electrons. The highest BCUT2D eigenvalue weighted by Crippen LogP contribution is 2.38. The fraction of sp³-hybridized carbons (Fsp3) is 0.200. The third-order valence-electron chi connectivity index (χ3n) is 4.49. The summed E-state index contributed by atoms with van der Waals surface area (Å²) < 4.78 is 37.5. The molecule has 3 rings (SSSR count). The van der Waals surface area contributed by atoms with Gasteiger partial charge in [-0.2, -0.15) is 0 Å². The summed E-state index contributed by atoms with van der Waals surface area (Å²) in [5, 5.41) is 3.31. The van der Waals surface area contributed by atoms with Crippen LogP contribution in [0.2, 0.25) is 0 Å². The van der Waals surface area contributed by atoms with E-state index in [9.17, 15) is 13.6 Å². The maximum Gasteiger partial charge on any atom is 0.337 e. The molecule has 0 saturated carbocycles. The highest BCUT2D eigenvalue weighted by Gasteiger charge is 2.36. The lowest BCUT2D eigenvalue weighted by Crippen LogP contribution is -2.48. The molecule has 0 unspecified atom stereocenters. The van der Waals surface area contributed by atoms with Crippen molar-refractivity contribution in [2.24, 2.45) is 0 Å². The van der Waals surface area contributed by atoms with Gasteiger partial charge in [-0.1, -0.05) is 18.2 Å². The number of allylic oxidation sites excluding steroid dienone is 1. The number of nitrogens with one attached hydrogen (secondary N) is 1. The third kappa shape index (κ3) is 3.43. The van der Waals surface area contributed by atoms with Crippen molar-refractivity contribution in [2.75, 3.05) is 19.1 Å². The van der Waals surface area contributed by atoms with E-state index in [1.54, 1.807) is 24.0 Å². The molecule has 0 bridgehead atoms. The first-order valence-corrected chi connectivity index (χ1v) is 8.77. The van der Waals surface area contributed by atoms with Gasteiger partial charge in [-0.15, -0.1) is 0 Å². The van der Waals surface area contributed by atoms with Crippen molar-refractivity contribution in [2.45, 2.75) is 13.0 Å². The Kier molecular flexibility index (Phi) is 5.60. The van der Waals surface area contributed by atoms with Crippen molar-refractivity contribution < 1.29 is 23.0 Å². The number of benzene rings is 2. The monoisotopic (exact) mass is 404 g/mol. The smallest absolute Gasteiger partial charge is 0.337 e. The van der Waals surface area contributed by atoms with Crippen LogP contribution in [0.1, 0.15) is 18.5 Å². The Balaban J connectivity index is 2.18. The largest absolute Gasteiger partial charge is 0.495 e. The first kappa shape index (κ1) is 19.8.